The molecular formula is C19H26N4O5S. The molecule has 1 amide bonds. The first-order chi connectivity index (χ1) is 13.8. The van der Waals surface area contributed by atoms with Gasteiger partial charge >= 0.3 is 0 Å². The molecule has 2 aromatic rings. The number of amides is 1. The van der Waals surface area contributed by atoms with Crippen LogP contribution in [0.2, 0.25) is 0 Å². The lowest BCUT2D eigenvalue weighted by Gasteiger charge is -2.31. The molecule has 29 heavy (non-hydrogen) atoms. The van der Waals surface area contributed by atoms with Crippen molar-refractivity contribution >= 4 is 22.0 Å². The molecule has 3 rings (SSSR count). The normalized spacial score (nSPS) is 18.2. The Morgan fingerprint density at radius 1 is 1.45 bits per heavy atom. The van der Waals surface area contributed by atoms with Gasteiger partial charge in [-0.1, -0.05) is 5.16 Å². The zero-order valence-electron chi connectivity index (χ0n) is 16.8. The van der Waals surface area contributed by atoms with Gasteiger partial charge in [0.25, 0.3) is 0 Å². The summed E-state index contributed by atoms with van der Waals surface area (Å²) in [4.78, 5) is 14.4. The number of rotatable bonds is 7. The molecule has 1 atom stereocenters. The van der Waals surface area contributed by atoms with Gasteiger partial charge in [-0.05, 0) is 31.9 Å². The molecule has 3 heterocycles. The first-order valence-corrected chi connectivity index (χ1v) is 10.8. The topological polar surface area (TPSA) is 109 Å². The Labute approximate surface area is 170 Å². The predicted molar refractivity (Wildman–Crippen MR) is 106 cm³/mol. The number of nitrogens with one attached hydrogen (secondary N) is 1. The van der Waals surface area contributed by atoms with E-state index in [9.17, 15) is 13.2 Å². The molecule has 1 unspecified atom stereocenters. The number of aromatic nitrogens is 1. The molecule has 0 spiro atoms. The summed E-state index contributed by atoms with van der Waals surface area (Å²) in [6, 6.07) is 3.52. The number of aryl methyl sites for hydroxylation is 1. The van der Waals surface area contributed by atoms with E-state index in [1.165, 1.54) is 4.31 Å². The Morgan fingerprint density at radius 2 is 2.24 bits per heavy atom. The van der Waals surface area contributed by atoms with Crippen LogP contribution < -0.4 is 5.32 Å². The molecule has 158 valence electrons. The molecular weight excluding hydrogens is 396 g/mol. The zero-order chi connectivity index (χ0) is 21.0. The SMILES string of the molecule is Cc1noc(/C=C/N(C)C)c1S(=O)(=O)N1CCCC(C(=O)NCc2ccco2)C1. The van der Waals surface area contributed by atoms with Crippen LogP contribution in [0.1, 0.15) is 30.1 Å². The lowest BCUT2D eigenvalue weighted by molar-refractivity contribution is -0.126. The van der Waals surface area contributed by atoms with Gasteiger partial charge < -0.3 is 19.2 Å². The van der Waals surface area contributed by atoms with Gasteiger partial charge in [0.2, 0.25) is 15.9 Å². The first kappa shape index (κ1) is 21.1. The van der Waals surface area contributed by atoms with Crippen molar-refractivity contribution in [1.82, 2.24) is 19.7 Å². The third-order valence-corrected chi connectivity index (χ3v) is 6.75. The summed E-state index contributed by atoms with van der Waals surface area (Å²) in [5.74, 6) is 0.224. The Kier molecular flexibility index (Phi) is 6.43. The van der Waals surface area contributed by atoms with E-state index < -0.39 is 15.9 Å². The number of piperidine rings is 1. The molecule has 0 aromatic carbocycles. The van der Waals surface area contributed by atoms with Gasteiger partial charge in [0.15, 0.2) is 10.7 Å². The Morgan fingerprint density at radius 3 is 2.93 bits per heavy atom. The minimum absolute atomic E-state index is 0.0484. The largest absolute Gasteiger partial charge is 0.467 e. The van der Waals surface area contributed by atoms with Crippen LogP contribution in [0, 0.1) is 12.8 Å². The summed E-state index contributed by atoms with van der Waals surface area (Å²) in [5, 5.41) is 6.64. The highest BCUT2D eigenvalue weighted by atomic mass is 32.2. The van der Waals surface area contributed by atoms with Gasteiger partial charge in [0.1, 0.15) is 11.5 Å². The van der Waals surface area contributed by atoms with Gasteiger partial charge in [-0.25, -0.2) is 8.42 Å². The van der Waals surface area contributed by atoms with Crippen molar-refractivity contribution in [1.29, 1.82) is 0 Å². The van der Waals surface area contributed by atoms with Crippen LogP contribution in [-0.2, 0) is 21.4 Å². The molecule has 1 fully saturated rings. The average Bonchev–Trinajstić information content (AvgIpc) is 3.34. The van der Waals surface area contributed by atoms with Crippen LogP contribution in [-0.4, -0.2) is 55.9 Å². The highest BCUT2D eigenvalue weighted by Gasteiger charge is 2.36. The second kappa shape index (κ2) is 8.83. The molecule has 9 nitrogen and oxygen atoms in total. The Balaban J connectivity index is 1.74. The summed E-state index contributed by atoms with van der Waals surface area (Å²) in [6.07, 6.45) is 6.04. The van der Waals surface area contributed by atoms with Crippen molar-refractivity contribution in [3.05, 3.63) is 41.8 Å². The maximum atomic E-state index is 13.3. The van der Waals surface area contributed by atoms with Gasteiger partial charge in [-0.3, -0.25) is 4.79 Å². The van der Waals surface area contributed by atoms with E-state index in [-0.39, 0.29) is 29.7 Å². The molecule has 0 bridgehead atoms. The van der Waals surface area contributed by atoms with Crippen molar-refractivity contribution in [3.8, 4) is 0 Å². The van der Waals surface area contributed by atoms with E-state index in [0.29, 0.717) is 30.8 Å². The smallest absolute Gasteiger partial charge is 0.248 e. The van der Waals surface area contributed by atoms with Gasteiger partial charge in [0, 0.05) is 39.5 Å². The summed E-state index contributed by atoms with van der Waals surface area (Å²) in [5.41, 5.74) is 0.299. The van der Waals surface area contributed by atoms with Crippen molar-refractivity contribution < 1.29 is 22.2 Å². The Hall–Kier alpha value is -2.59. The Bertz CT molecular complexity index is 963. The van der Waals surface area contributed by atoms with E-state index >= 15 is 0 Å². The first-order valence-electron chi connectivity index (χ1n) is 9.40. The second-order valence-electron chi connectivity index (χ2n) is 7.24. The lowest BCUT2D eigenvalue weighted by atomic mass is 9.99. The van der Waals surface area contributed by atoms with E-state index in [4.69, 9.17) is 8.94 Å². The quantitative estimate of drug-likeness (QED) is 0.725. The maximum Gasteiger partial charge on any atom is 0.248 e. The van der Waals surface area contributed by atoms with E-state index in [1.54, 1.807) is 42.5 Å². The lowest BCUT2D eigenvalue weighted by Crippen LogP contribution is -2.45. The molecule has 1 aliphatic heterocycles. The van der Waals surface area contributed by atoms with E-state index in [1.807, 2.05) is 14.1 Å². The number of furan rings is 1. The highest BCUT2D eigenvalue weighted by Crippen LogP contribution is 2.29. The van der Waals surface area contributed by atoms with Gasteiger partial charge in [0.05, 0.1) is 18.7 Å². The fraction of sp³-hybridized carbons (Fsp3) is 0.474. The maximum absolute atomic E-state index is 13.3. The van der Waals surface area contributed by atoms with Crippen LogP contribution in [0.25, 0.3) is 6.08 Å². The minimum Gasteiger partial charge on any atom is -0.467 e. The van der Waals surface area contributed by atoms with Crippen molar-refractivity contribution in [2.24, 2.45) is 5.92 Å². The molecule has 1 aliphatic rings. The summed E-state index contributed by atoms with van der Waals surface area (Å²) in [6.45, 7) is 2.35. The summed E-state index contributed by atoms with van der Waals surface area (Å²) >= 11 is 0. The fourth-order valence-electron chi connectivity index (χ4n) is 3.25. The molecule has 0 saturated carbocycles. The van der Waals surface area contributed by atoms with Crippen LogP contribution in [0.15, 0.2) is 38.4 Å². The van der Waals surface area contributed by atoms with E-state index in [2.05, 4.69) is 10.5 Å². The molecule has 0 aliphatic carbocycles. The van der Waals surface area contributed by atoms with Crippen molar-refractivity contribution in [2.75, 3.05) is 27.2 Å². The van der Waals surface area contributed by atoms with Gasteiger partial charge in [-0.2, -0.15) is 4.31 Å². The molecule has 1 saturated heterocycles. The predicted octanol–water partition coefficient (Wildman–Crippen LogP) is 1.83. The number of nitrogens with zero attached hydrogens (tertiary/aromatic N) is 3. The second-order valence-corrected chi connectivity index (χ2v) is 9.11. The molecule has 0 radical (unpaired) electrons. The third kappa shape index (κ3) is 4.88. The van der Waals surface area contributed by atoms with E-state index in [0.717, 1.165) is 0 Å². The molecule has 10 heteroatoms. The zero-order valence-corrected chi connectivity index (χ0v) is 17.6. The number of hydrogen-bond acceptors (Lipinski definition) is 7. The van der Waals surface area contributed by atoms with Gasteiger partial charge in [-0.15, -0.1) is 0 Å². The monoisotopic (exact) mass is 422 g/mol. The average molecular weight is 423 g/mol. The van der Waals surface area contributed by atoms with Crippen molar-refractivity contribution in [3.63, 3.8) is 0 Å². The standard InChI is InChI=1S/C19H26N4O5S/c1-14-18(17(28-21-14)8-10-22(2)3)29(25,26)23-9-4-6-15(13-23)19(24)20-12-16-7-5-11-27-16/h5,7-8,10-11,15H,4,6,9,12-13H2,1-3H3,(H,20,24)/b10-8+. The molecule has 1 N–H and O–H groups in total. The number of carbonyl (C=O) groups excluding carboxylic acids is 1. The number of sulfonamides is 1. The minimum atomic E-state index is -3.84. The van der Waals surface area contributed by atoms with Crippen LogP contribution in [0.3, 0.4) is 0 Å². The summed E-state index contributed by atoms with van der Waals surface area (Å²) < 4.78 is 38.3. The number of hydrogen-bond donors (Lipinski definition) is 1. The highest BCUT2D eigenvalue weighted by molar-refractivity contribution is 7.89. The third-order valence-electron chi connectivity index (χ3n) is 4.73. The number of carbonyl (C=O) groups is 1. The van der Waals surface area contributed by atoms with Crippen LogP contribution in [0.4, 0.5) is 0 Å². The fourth-order valence-corrected chi connectivity index (χ4v) is 5.03. The molecule has 2 aromatic heterocycles. The van der Waals surface area contributed by atoms with Crippen LogP contribution >= 0.6 is 0 Å². The van der Waals surface area contributed by atoms with Crippen molar-refractivity contribution in [2.45, 2.75) is 31.2 Å². The van der Waals surface area contributed by atoms with Crippen LogP contribution in [0.5, 0.6) is 0 Å². The summed E-state index contributed by atoms with van der Waals surface area (Å²) in [7, 11) is -0.196.